The van der Waals surface area contributed by atoms with Crippen LogP contribution in [0.2, 0.25) is 10.0 Å². The van der Waals surface area contributed by atoms with E-state index in [2.05, 4.69) is 5.32 Å². The van der Waals surface area contributed by atoms with Crippen molar-refractivity contribution in [2.75, 3.05) is 6.54 Å². The predicted molar refractivity (Wildman–Crippen MR) is 77.7 cm³/mol. The summed E-state index contributed by atoms with van der Waals surface area (Å²) in [6.07, 6.45) is 6.41. The van der Waals surface area contributed by atoms with Gasteiger partial charge in [0.15, 0.2) is 0 Å². The molecule has 0 saturated heterocycles. The zero-order valence-electron chi connectivity index (χ0n) is 9.72. The fourth-order valence-electron chi connectivity index (χ4n) is 2.31. The van der Waals surface area contributed by atoms with E-state index in [1.807, 2.05) is 12.1 Å². The molecule has 1 nitrogen and oxygen atoms in total. The van der Waals surface area contributed by atoms with Crippen LogP contribution < -0.4 is 5.32 Å². The first-order valence-electron chi connectivity index (χ1n) is 5.92. The molecule has 0 amide bonds. The maximum absolute atomic E-state index is 5.95. The average molecular weight is 295 g/mol. The van der Waals surface area contributed by atoms with Gasteiger partial charge in [0.1, 0.15) is 0 Å². The van der Waals surface area contributed by atoms with Crippen LogP contribution in [0.15, 0.2) is 18.2 Å². The van der Waals surface area contributed by atoms with Gasteiger partial charge in [0.2, 0.25) is 0 Å². The van der Waals surface area contributed by atoms with Crippen LogP contribution in [0.3, 0.4) is 0 Å². The molecule has 1 saturated carbocycles. The maximum Gasteiger partial charge on any atom is 0.0423 e. The van der Waals surface area contributed by atoms with E-state index in [1.165, 1.54) is 31.2 Å². The highest BCUT2D eigenvalue weighted by Crippen LogP contribution is 2.20. The quantitative estimate of drug-likeness (QED) is 0.863. The highest BCUT2D eigenvalue weighted by molar-refractivity contribution is 6.34. The molecule has 1 aromatic rings. The van der Waals surface area contributed by atoms with Crippen molar-refractivity contribution in [3.8, 4) is 0 Å². The minimum absolute atomic E-state index is 0. The van der Waals surface area contributed by atoms with Crippen molar-refractivity contribution in [2.45, 2.75) is 38.1 Å². The third-order valence-electron chi connectivity index (χ3n) is 3.12. The van der Waals surface area contributed by atoms with Gasteiger partial charge in [-0.15, -0.1) is 12.4 Å². The van der Waals surface area contributed by atoms with Crippen LogP contribution in [0.1, 0.15) is 31.2 Å². The van der Waals surface area contributed by atoms with Crippen LogP contribution >= 0.6 is 35.6 Å². The summed E-state index contributed by atoms with van der Waals surface area (Å²) >= 11 is 11.9. The van der Waals surface area contributed by atoms with E-state index in [9.17, 15) is 0 Å². The van der Waals surface area contributed by atoms with Crippen LogP contribution in [-0.2, 0) is 6.42 Å². The van der Waals surface area contributed by atoms with Gasteiger partial charge < -0.3 is 5.32 Å². The molecular formula is C13H18Cl3N. The second kappa shape index (κ2) is 7.48. The second-order valence-electron chi connectivity index (χ2n) is 4.46. The molecule has 1 fully saturated rings. The lowest BCUT2D eigenvalue weighted by molar-refractivity contribution is 0.528. The number of rotatable bonds is 4. The second-order valence-corrected chi connectivity index (χ2v) is 5.34. The van der Waals surface area contributed by atoms with E-state index >= 15 is 0 Å². The minimum Gasteiger partial charge on any atom is -0.314 e. The molecule has 0 aliphatic heterocycles. The molecule has 0 aromatic heterocycles. The molecule has 1 aromatic carbocycles. The lowest BCUT2D eigenvalue weighted by Gasteiger charge is -2.11. The van der Waals surface area contributed by atoms with E-state index in [4.69, 9.17) is 23.2 Å². The predicted octanol–water partition coefficient (Wildman–Crippen LogP) is 4.49. The summed E-state index contributed by atoms with van der Waals surface area (Å²) in [4.78, 5) is 0. The van der Waals surface area contributed by atoms with Gasteiger partial charge >= 0.3 is 0 Å². The number of hydrogen-bond donors (Lipinski definition) is 1. The largest absolute Gasteiger partial charge is 0.314 e. The van der Waals surface area contributed by atoms with Gasteiger partial charge in [-0.05, 0) is 49.6 Å². The first-order chi connectivity index (χ1) is 7.74. The molecule has 17 heavy (non-hydrogen) atoms. The Balaban J connectivity index is 0.00000144. The zero-order valence-corrected chi connectivity index (χ0v) is 12.0. The first kappa shape index (κ1) is 15.1. The van der Waals surface area contributed by atoms with E-state index in [1.54, 1.807) is 6.07 Å². The van der Waals surface area contributed by atoms with Gasteiger partial charge in [-0.3, -0.25) is 0 Å². The van der Waals surface area contributed by atoms with E-state index in [-0.39, 0.29) is 12.4 Å². The summed E-state index contributed by atoms with van der Waals surface area (Å²) in [6.45, 7) is 1.02. The molecule has 0 radical (unpaired) electrons. The van der Waals surface area contributed by atoms with Crippen molar-refractivity contribution in [3.05, 3.63) is 33.8 Å². The fraction of sp³-hybridized carbons (Fsp3) is 0.538. The monoisotopic (exact) mass is 293 g/mol. The third-order valence-corrected chi connectivity index (χ3v) is 3.56. The summed E-state index contributed by atoms with van der Waals surface area (Å²) in [5, 5.41) is 5.03. The van der Waals surface area contributed by atoms with Gasteiger partial charge in [-0.1, -0.05) is 36.0 Å². The smallest absolute Gasteiger partial charge is 0.0423 e. The lowest BCUT2D eigenvalue weighted by atomic mass is 10.1. The number of benzene rings is 1. The van der Waals surface area contributed by atoms with Crippen LogP contribution in [0.25, 0.3) is 0 Å². The molecule has 96 valence electrons. The Morgan fingerprint density at radius 3 is 2.24 bits per heavy atom. The van der Waals surface area contributed by atoms with E-state index in [0.717, 1.165) is 29.1 Å². The topological polar surface area (TPSA) is 12.0 Å². The summed E-state index contributed by atoms with van der Waals surface area (Å²) in [6, 6.07) is 6.49. The summed E-state index contributed by atoms with van der Waals surface area (Å²) in [5.41, 5.74) is 1.21. The Morgan fingerprint density at radius 1 is 1.06 bits per heavy atom. The summed E-state index contributed by atoms with van der Waals surface area (Å²) in [5.74, 6) is 0. The fourth-order valence-corrected chi connectivity index (χ4v) is 2.88. The molecule has 0 bridgehead atoms. The first-order valence-corrected chi connectivity index (χ1v) is 6.68. The highest BCUT2D eigenvalue weighted by Gasteiger charge is 2.13. The number of hydrogen-bond acceptors (Lipinski definition) is 1. The number of nitrogens with one attached hydrogen (secondary N) is 1. The Morgan fingerprint density at radius 2 is 1.65 bits per heavy atom. The molecule has 1 aliphatic rings. The van der Waals surface area contributed by atoms with E-state index < -0.39 is 0 Å². The van der Waals surface area contributed by atoms with Crippen molar-refractivity contribution in [1.82, 2.24) is 5.32 Å². The van der Waals surface area contributed by atoms with E-state index in [0.29, 0.717) is 0 Å². The van der Waals surface area contributed by atoms with Gasteiger partial charge in [0, 0.05) is 16.1 Å². The molecular weight excluding hydrogens is 277 g/mol. The molecule has 4 heteroatoms. The molecule has 0 unspecified atom stereocenters. The minimum atomic E-state index is 0. The Kier molecular flexibility index (Phi) is 6.65. The van der Waals surface area contributed by atoms with Gasteiger partial charge in [0.05, 0.1) is 0 Å². The van der Waals surface area contributed by atoms with Crippen LogP contribution in [0, 0.1) is 0 Å². The lowest BCUT2D eigenvalue weighted by Crippen LogP contribution is -2.27. The molecule has 2 rings (SSSR count). The Labute approximate surface area is 119 Å². The van der Waals surface area contributed by atoms with Crippen molar-refractivity contribution in [3.63, 3.8) is 0 Å². The standard InChI is InChI=1S/C13H17Cl2N.ClH/c14-11-7-10(8-12(15)9-11)5-6-16-13-3-1-2-4-13;/h7-9,13,16H,1-6H2;1H. The van der Waals surface area contributed by atoms with Crippen molar-refractivity contribution >= 4 is 35.6 Å². The highest BCUT2D eigenvalue weighted by atomic mass is 35.5. The van der Waals surface area contributed by atoms with Gasteiger partial charge in [-0.2, -0.15) is 0 Å². The average Bonchev–Trinajstić information content (AvgIpc) is 2.69. The maximum atomic E-state index is 5.95. The third kappa shape index (κ3) is 5.05. The Bertz CT molecular complexity index is 328. The molecule has 1 N–H and O–H groups in total. The van der Waals surface area contributed by atoms with Crippen LogP contribution in [0.5, 0.6) is 0 Å². The van der Waals surface area contributed by atoms with Crippen LogP contribution in [-0.4, -0.2) is 12.6 Å². The van der Waals surface area contributed by atoms with Gasteiger partial charge in [0.25, 0.3) is 0 Å². The van der Waals surface area contributed by atoms with Gasteiger partial charge in [-0.25, -0.2) is 0 Å². The normalized spacial score (nSPS) is 15.9. The van der Waals surface area contributed by atoms with Crippen molar-refractivity contribution in [1.29, 1.82) is 0 Å². The summed E-state index contributed by atoms with van der Waals surface area (Å²) < 4.78 is 0. The van der Waals surface area contributed by atoms with Crippen molar-refractivity contribution in [2.24, 2.45) is 0 Å². The zero-order chi connectivity index (χ0) is 11.4. The molecule has 0 spiro atoms. The van der Waals surface area contributed by atoms with Crippen molar-refractivity contribution < 1.29 is 0 Å². The van der Waals surface area contributed by atoms with Crippen LogP contribution in [0.4, 0.5) is 0 Å². The SMILES string of the molecule is Cl.Clc1cc(Cl)cc(CCNC2CCCC2)c1. The molecule has 0 atom stereocenters. The molecule has 1 aliphatic carbocycles. The summed E-state index contributed by atoms with van der Waals surface area (Å²) in [7, 11) is 0. The Hall–Kier alpha value is 0.0500. The number of halogens is 3. The molecule has 0 heterocycles.